The summed E-state index contributed by atoms with van der Waals surface area (Å²) in [6.45, 7) is 0. The maximum Gasteiger partial charge on any atom is 0.331 e. The molecule has 2 aromatic carbocycles. The largest absolute Gasteiger partial charge is 0.493 e. The number of rotatable bonds is 7. The Morgan fingerprint density at radius 2 is 1.73 bits per heavy atom. The van der Waals surface area contributed by atoms with Crippen LogP contribution in [0.2, 0.25) is 5.15 Å². The summed E-state index contributed by atoms with van der Waals surface area (Å²) in [5.74, 6) is 0.506. The molecule has 0 saturated carbocycles. The Hall–Kier alpha value is -3.72. The fourth-order valence-electron chi connectivity index (χ4n) is 2.80. The van der Waals surface area contributed by atoms with Crippen LogP contribution in [0.5, 0.6) is 17.2 Å². The van der Waals surface area contributed by atoms with Gasteiger partial charge in [0.2, 0.25) is 5.75 Å². The summed E-state index contributed by atoms with van der Waals surface area (Å²) in [6.07, 6.45) is 1.28. The van der Waals surface area contributed by atoms with E-state index < -0.39 is 11.6 Å². The van der Waals surface area contributed by atoms with E-state index >= 15 is 0 Å². The molecular formula is C20H19ClN4O5. The number of hydrogen-bond donors (Lipinski definition) is 2. The number of nitrogens with one attached hydrogen (secondary N) is 2. The Morgan fingerprint density at radius 1 is 1.10 bits per heavy atom. The molecular weight excluding hydrogens is 412 g/mol. The molecule has 0 spiro atoms. The number of hydrogen-bond acceptors (Lipinski definition) is 6. The van der Waals surface area contributed by atoms with Gasteiger partial charge in [-0.25, -0.2) is 10.2 Å². The highest BCUT2D eigenvalue weighted by Gasteiger charge is 2.17. The minimum Gasteiger partial charge on any atom is -0.493 e. The van der Waals surface area contributed by atoms with E-state index in [1.807, 2.05) is 6.07 Å². The van der Waals surface area contributed by atoms with Crippen LogP contribution in [-0.2, 0) is 0 Å². The fourth-order valence-corrected chi connectivity index (χ4v) is 3.01. The Balaban J connectivity index is 1.87. The third-order valence-corrected chi connectivity index (χ3v) is 4.47. The zero-order chi connectivity index (χ0) is 21.7. The number of ether oxygens (including phenoxy) is 3. The zero-order valence-electron chi connectivity index (χ0n) is 16.4. The highest BCUT2D eigenvalue weighted by Crippen LogP contribution is 2.38. The SMILES string of the molecule is COc1cc(C(=O)NN=Cc2c(Cl)[nH]c(=O)n2-c2ccccc2)cc(OC)c1OC. The number of nitrogens with zero attached hydrogens (tertiary/aromatic N) is 2. The molecule has 0 aliphatic rings. The second-order valence-corrected chi connectivity index (χ2v) is 6.29. The summed E-state index contributed by atoms with van der Waals surface area (Å²) in [7, 11) is 4.37. The molecule has 3 aromatic rings. The Kier molecular flexibility index (Phi) is 6.43. The van der Waals surface area contributed by atoms with Crippen molar-refractivity contribution in [1.29, 1.82) is 0 Å². The van der Waals surface area contributed by atoms with Gasteiger partial charge in [0.25, 0.3) is 5.91 Å². The number of halogens is 1. The number of aromatic nitrogens is 2. The lowest BCUT2D eigenvalue weighted by molar-refractivity contribution is 0.0954. The molecule has 156 valence electrons. The van der Waals surface area contributed by atoms with Gasteiger partial charge in [0.15, 0.2) is 11.5 Å². The smallest absolute Gasteiger partial charge is 0.331 e. The number of benzene rings is 2. The molecule has 2 N–H and O–H groups in total. The molecule has 0 radical (unpaired) electrons. The standard InChI is InChI=1S/C20H19ClN4O5/c1-28-15-9-12(10-16(29-2)17(15)30-3)19(26)24-22-11-14-18(21)23-20(27)25(14)13-7-5-4-6-8-13/h4-11H,1-3H3,(H,23,27)(H,24,26). The summed E-state index contributed by atoms with van der Waals surface area (Å²) >= 11 is 6.12. The van der Waals surface area contributed by atoms with Crippen LogP contribution >= 0.6 is 11.6 Å². The van der Waals surface area contributed by atoms with Gasteiger partial charge < -0.3 is 14.2 Å². The Bertz CT molecular complexity index is 1110. The van der Waals surface area contributed by atoms with Gasteiger partial charge in [0.1, 0.15) is 10.8 Å². The van der Waals surface area contributed by atoms with Gasteiger partial charge in [0, 0.05) is 5.56 Å². The fraction of sp³-hybridized carbons (Fsp3) is 0.150. The Labute approximate surface area is 176 Å². The van der Waals surface area contributed by atoms with Gasteiger partial charge in [-0.2, -0.15) is 5.10 Å². The van der Waals surface area contributed by atoms with Crippen molar-refractivity contribution >= 4 is 23.7 Å². The van der Waals surface area contributed by atoms with Gasteiger partial charge in [-0.15, -0.1) is 0 Å². The van der Waals surface area contributed by atoms with Crippen LogP contribution in [0.4, 0.5) is 0 Å². The number of aromatic amines is 1. The molecule has 0 aliphatic heterocycles. The zero-order valence-corrected chi connectivity index (χ0v) is 17.2. The van der Waals surface area contributed by atoms with Crippen molar-refractivity contribution in [2.75, 3.05) is 21.3 Å². The number of amides is 1. The van der Waals surface area contributed by atoms with Crippen LogP contribution in [0.25, 0.3) is 5.69 Å². The first-order valence-electron chi connectivity index (χ1n) is 8.69. The van der Waals surface area contributed by atoms with E-state index in [1.54, 1.807) is 24.3 Å². The number of hydrazone groups is 1. The summed E-state index contributed by atoms with van der Waals surface area (Å²) in [5, 5.41) is 4.02. The predicted molar refractivity (Wildman–Crippen MR) is 113 cm³/mol. The predicted octanol–water partition coefficient (Wildman–Crippen LogP) is 2.61. The summed E-state index contributed by atoms with van der Waals surface area (Å²) < 4.78 is 17.1. The normalized spacial score (nSPS) is 10.8. The lowest BCUT2D eigenvalue weighted by Gasteiger charge is -2.13. The number of para-hydroxylation sites is 1. The number of imidazole rings is 1. The number of H-pyrrole nitrogens is 1. The van der Waals surface area contributed by atoms with E-state index in [2.05, 4.69) is 15.5 Å². The lowest BCUT2D eigenvalue weighted by atomic mass is 10.1. The second kappa shape index (κ2) is 9.19. The van der Waals surface area contributed by atoms with E-state index in [1.165, 1.54) is 44.2 Å². The van der Waals surface area contributed by atoms with Crippen molar-refractivity contribution in [3.63, 3.8) is 0 Å². The molecule has 9 nitrogen and oxygen atoms in total. The van der Waals surface area contributed by atoms with Crippen LogP contribution in [-0.4, -0.2) is 43.0 Å². The van der Waals surface area contributed by atoms with Crippen LogP contribution in [0.15, 0.2) is 52.4 Å². The van der Waals surface area contributed by atoms with Crippen LogP contribution in [0.1, 0.15) is 16.1 Å². The minimum absolute atomic E-state index is 0.0923. The lowest BCUT2D eigenvalue weighted by Crippen LogP contribution is -2.19. The first-order valence-corrected chi connectivity index (χ1v) is 9.07. The van der Waals surface area contributed by atoms with Crippen molar-refractivity contribution in [3.8, 4) is 22.9 Å². The Morgan fingerprint density at radius 3 is 2.30 bits per heavy atom. The molecule has 1 aromatic heterocycles. The first-order chi connectivity index (χ1) is 14.5. The molecule has 10 heteroatoms. The number of carbonyl (C=O) groups excluding carboxylic acids is 1. The van der Waals surface area contributed by atoms with Crippen LogP contribution in [0, 0.1) is 0 Å². The highest BCUT2D eigenvalue weighted by atomic mass is 35.5. The van der Waals surface area contributed by atoms with Crippen LogP contribution in [0.3, 0.4) is 0 Å². The molecule has 0 atom stereocenters. The quantitative estimate of drug-likeness (QED) is 0.442. The van der Waals surface area contributed by atoms with Gasteiger partial charge in [0.05, 0.1) is 33.2 Å². The third-order valence-electron chi connectivity index (χ3n) is 4.18. The molecule has 1 heterocycles. The molecule has 0 aliphatic carbocycles. The van der Waals surface area contributed by atoms with E-state index in [0.717, 1.165) is 0 Å². The maximum atomic E-state index is 12.5. The van der Waals surface area contributed by atoms with E-state index in [0.29, 0.717) is 22.9 Å². The topological polar surface area (TPSA) is 107 Å². The minimum atomic E-state index is -0.522. The van der Waals surface area contributed by atoms with Crippen molar-refractivity contribution in [3.05, 3.63) is 69.4 Å². The van der Waals surface area contributed by atoms with Gasteiger partial charge in [-0.05, 0) is 24.3 Å². The van der Waals surface area contributed by atoms with Crippen LogP contribution < -0.4 is 25.3 Å². The van der Waals surface area contributed by atoms with Gasteiger partial charge >= 0.3 is 5.69 Å². The van der Waals surface area contributed by atoms with Gasteiger partial charge in [-0.1, -0.05) is 29.8 Å². The van der Waals surface area contributed by atoms with Gasteiger partial charge in [-0.3, -0.25) is 14.3 Å². The molecule has 0 fully saturated rings. The third kappa shape index (κ3) is 4.15. The molecule has 0 unspecified atom stereocenters. The molecule has 0 saturated heterocycles. The molecule has 1 amide bonds. The summed E-state index contributed by atoms with van der Waals surface area (Å²) in [6, 6.07) is 11.9. The highest BCUT2D eigenvalue weighted by molar-refractivity contribution is 6.31. The summed E-state index contributed by atoms with van der Waals surface area (Å²) in [5.41, 5.74) is 3.09. The monoisotopic (exact) mass is 430 g/mol. The van der Waals surface area contributed by atoms with Crippen molar-refractivity contribution < 1.29 is 19.0 Å². The van der Waals surface area contributed by atoms with Crippen molar-refractivity contribution in [2.24, 2.45) is 5.10 Å². The number of methoxy groups -OCH3 is 3. The van der Waals surface area contributed by atoms with E-state index in [9.17, 15) is 9.59 Å². The number of carbonyl (C=O) groups is 1. The average Bonchev–Trinajstić information content (AvgIpc) is 3.05. The molecule has 30 heavy (non-hydrogen) atoms. The first kappa shape index (κ1) is 21.0. The second-order valence-electron chi connectivity index (χ2n) is 5.91. The molecule has 0 bridgehead atoms. The average molecular weight is 431 g/mol. The summed E-state index contributed by atoms with van der Waals surface area (Å²) in [4.78, 5) is 27.3. The van der Waals surface area contributed by atoms with E-state index in [4.69, 9.17) is 25.8 Å². The van der Waals surface area contributed by atoms with E-state index in [-0.39, 0.29) is 16.4 Å². The van der Waals surface area contributed by atoms with Crippen molar-refractivity contribution in [2.45, 2.75) is 0 Å². The van der Waals surface area contributed by atoms with Crippen molar-refractivity contribution in [1.82, 2.24) is 15.0 Å². The maximum absolute atomic E-state index is 12.5. The molecule has 3 rings (SSSR count).